The van der Waals surface area contributed by atoms with E-state index in [-0.39, 0.29) is 4.90 Å². The van der Waals surface area contributed by atoms with Gasteiger partial charge in [-0.2, -0.15) is 0 Å². The number of aromatic nitrogens is 2. The number of aryl methyl sites for hydroxylation is 1. The van der Waals surface area contributed by atoms with Crippen LogP contribution in [0.25, 0.3) is 0 Å². The second-order valence-electron chi connectivity index (χ2n) is 3.95. The molecule has 0 aliphatic carbocycles. The van der Waals surface area contributed by atoms with E-state index in [1.807, 2.05) is 13.8 Å². The Bertz CT molecular complexity index is 649. The first kappa shape index (κ1) is 13.6. The predicted molar refractivity (Wildman–Crippen MR) is 71.8 cm³/mol. The van der Waals surface area contributed by atoms with Crippen molar-refractivity contribution in [2.24, 2.45) is 0 Å². The molecule has 0 atom stereocenters. The number of ether oxygens (including phenoxy) is 1. The maximum atomic E-state index is 12.3. The Morgan fingerprint density at radius 1 is 1.32 bits per heavy atom. The van der Waals surface area contributed by atoms with Crippen LogP contribution in [0.1, 0.15) is 19.4 Å². The van der Waals surface area contributed by atoms with Crippen molar-refractivity contribution < 1.29 is 13.2 Å². The van der Waals surface area contributed by atoms with Crippen molar-refractivity contribution in [3.63, 3.8) is 0 Å². The van der Waals surface area contributed by atoms with Crippen molar-refractivity contribution in [2.45, 2.75) is 25.2 Å². The van der Waals surface area contributed by atoms with Gasteiger partial charge in [0, 0.05) is 12.4 Å². The van der Waals surface area contributed by atoms with Crippen LogP contribution in [0, 0.1) is 0 Å². The standard InChI is InChI=1S/C13H16N2O3S/c1-3-11-9-12(5-6-13(11)18-4-2)19(16,17)15-8-7-14-10-15/h5-10H,3-4H2,1-2H3. The highest BCUT2D eigenvalue weighted by atomic mass is 32.2. The van der Waals surface area contributed by atoms with Crippen LogP contribution in [0.5, 0.6) is 5.75 Å². The minimum Gasteiger partial charge on any atom is -0.494 e. The molecule has 0 spiro atoms. The van der Waals surface area contributed by atoms with E-state index in [4.69, 9.17) is 4.74 Å². The molecule has 2 rings (SSSR count). The summed E-state index contributed by atoms with van der Waals surface area (Å²) in [4.78, 5) is 4.00. The van der Waals surface area contributed by atoms with Gasteiger partial charge in [-0.3, -0.25) is 0 Å². The van der Waals surface area contributed by atoms with Crippen LogP contribution < -0.4 is 4.74 Å². The molecule has 1 aromatic heterocycles. The van der Waals surface area contributed by atoms with E-state index < -0.39 is 10.0 Å². The first-order valence-corrected chi connectivity index (χ1v) is 7.52. The van der Waals surface area contributed by atoms with E-state index in [0.717, 1.165) is 15.3 Å². The van der Waals surface area contributed by atoms with Crippen LogP contribution in [-0.2, 0) is 16.4 Å². The Labute approximate surface area is 112 Å². The molecule has 1 heterocycles. The zero-order chi connectivity index (χ0) is 13.9. The Balaban J connectivity index is 2.47. The van der Waals surface area contributed by atoms with E-state index in [9.17, 15) is 8.42 Å². The van der Waals surface area contributed by atoms with Crippen LogP contribution in [0.3, 0.4) is 0 Å². The van der Waals surface area contributed by atoms with Crippen molar-refractivity contribution in [2.75, 3.05) is 6.61 Å². The lowest BCUT2D eigenvalue weighted by Crippen LogP contribution is -2.11. The molecule has 6 heteroatoms. The third kappa shape index (κ3) is 2.63. The van der Waals surface area contributed by atoms with Gasteiger partial charge in [0.1, 0.15) is 12.1 Å². The van der Waals surface area contributed by atoms with Gasteiger partial charge in [-0.25, -0.2) is 17.4 Å². The van der Waals surface area contributed by atoms with Gasteiger partial charge in [0.2, 0.25) is 0 Å². The molecule has 0 radical (unpaired) electrons. The second-order valence-corrected chi connectivity index (χ2v) is 5.80. The highest BCUT2D eigenvalue weighted by molar-refractivity contribution is 7.90. The van der Waals surface area contributed by atoms with Crippen LogP contribution in [0.15, 0.2) is 41.8 Å². The lowest BCUT2D eigenvalue weighted by atomic mass is 10.1. The summed E-state index contributed by atoms with van der Waals surface area (Å²) in [6.07, 6.45) is 4.84. The molecule has 1 aromatic carbocycles. The average Bonchev–Trinajstić information content (AvgIpc) is 2.94. The molecule has 0 amide bonds. The normalized spacial score (nSPS) is 11.5. The molecule has 0 saturated heterocycles. The fourth-order valence-corrected chi connectivity index (χ4v) is 2.97. The van der Waals surface area contributed by atoms with Crippen molar-refractivity contribution >= 4 is 10.0 Å². The summed E-state index contributed by atoms with van der Waals surface area (Å²) in [5.41, 5.74) is 0.878. The van der Waals surface area contributed by atoms with Crippen molar-refractivity contribution in [1.82, 2.24) is 8.96 Å². The summed E-state index contributed by atoms with van der Waals surface area (Å²) in [6.45, 7) is 4.42. The number of imidazole rings is 1. The lowest BCUT2D eigenvalue weighted by Gasteiger charge is -2.11. The van der Waals surface area contributed by atoms with Gasteiger partial charge < -0.3 is 4.74 Å². The summed E-state index contributed by atoms with van der Waals surface area (Å²) in [7, 11) is -3.56. The van der Waals surface area contributed by atoms with Crippen LogP contribution in [0.4, 0.5) is 0 Å². The van der Waals surface area contributed by atoms with Crippen molar-refractivity contribution in [1.29, 1.82) is 0 Å². The Morgan fingerprint density at radius 3 is 2.68 bits per heavy atom. The van der Waals surface area contributed by atoms with Crippen molar-refractivity contribution in [3.8, 4) is 5.75 Å². The fourth-order valence-electron chi connectivity index (χ4n) is 1.80. The molecule has 19 heavy (non-hydrogen) atoms. The number of hydrogen-bond donors (Lipinski definition) is 0. The molecule has 0 aliphatic heterocycles. The number of benzene rings is 1. The summed E-state index contributed by atoms with van der Waals surface area (Å²) < 4.78 is 31.2. The maximum absolute atomic E-state index is 12.3. The maximum Gasteiger partial charge on any atom is 0.268 e. The first-order chi connectivity index (χ1) is 9.09. The first-order valence-electron chi connectivity index (χ1n) is 6.08. The second kappa shape index (κ2) is 5.44. The Kier molecular flexibility index (Phi) is 3.90. The molecule has 0 saturated carbocycles. The van der Waals surface area contributed by atoms with Crippen LogP contribution >= 0.6 is 0 Å². The molecular weight excluding hydrogens is 264 g/mol. The molecular formula is C13H16N2O3S. The predicted octanol–water partition coefficient (Wildman–Crippen LogP) is 2.08. The average molecular weight is 280 g/mol. The zero-order valence-electron chi connectivity index (χ0n) is 10.9. The SMILES string of the molecule is CCOc1ccc(S(=O)(=O)n2ccnc2)cc1CC. The van der Waals surface area contributed by atoms with Gasteiger partial charge in [-0.15, -0.1) is 0 Å². The van der Waals surface area contributed by atoms with Gasteiger partial charge in [0.15, 0.2) is 0 Å². The van der Waals surface area contributed by atoms with E-state index in [1.165, 1.54) is 18.7 Å². The highest BCUT2D eigenvalue weighted by Gasteiger charge is 2.17. The van der Waals surface area contributed by atoms with Gasteiger partial charge in [0.05, 0.1) is 11.5 Å². The largest absolute Gasteiger partial charge is 0.494 e. The molecule has 0 unspecified atom stereocenters. The smallest absolute Gasteiger partial charge is 0.268 e. The summed E-state index contributed by atoms with van der Waals surface area (Å²) in [6, 6.07) is 4.91. The van der Waals surface area contributed by atoms with E-state index >= 15 is 0 Å². The van der Waals surface area contributed by atoms with Gasteiger partial charge in [0.25, 0.3) is 10.0 Å². The topological polar surface area (TPSA) is 61.2 Å². The highest BCUT2D eigenvalue weighted by Crippen LogP contribution is 2.24. The molecule has 102 valence electrons. The summed E-state index contributed by atoms with van der Waals surface area (Å²) in [5.74, 6) is 0.731. The monoisotopic (exact) mass is 280 g/mol. The van der Waals surface area contributed by atoms with Gasteiger partial charge >= 0.3 is 0 Å². The molecule has 0 fully saturated rings. The lowest BCUT2D eigenvalue weighted by molar-refractivity contribution is 0.336. The molecule has 0 N–H and O–H groups in total. The van der Waals surface area contributed by atoms with E-state index in [2.05, 4.69) is 4.98 Å². The summed E-state index contributed by atoms with van der Waals surface area (Å²) >= 11 is 0. The van der Waals surface area contributed by atoms with E-state index in [0.29, 0.717) is 13.0 Å². The number of hydrogen-bond acceptors (Lipinski definition) is 4. The van der Waals surface area contributed by atoms with Crippen molar-refractivity contribution in [3.05, 3.63) is 42.5 Å². The Hall–Kier alpha value is -1.82. The Morgan fingerprint density at radius 2 is 2.11 bits per heavy atom. The number of nitrogens with zero attached hydrogens (tertiary/aromatic N) is 2. The number of rotatable bonds is 5. The fraction of sp³-hybridized carbons (Fsp3) is 0.308. The van der Waals surface area contributed by atoms with Gasteiger partial charge in [-0.05, 0) is 37.1 Å². The summed E-state index contributed by atoms with van der Waals surface area (Å²) in [5, 5.41) is 0. The zero-order valence-corrected chi connectivity index (χ0v) is 11.7. The van der Waals surface area contributed by atoms with Crippen LogP contribution in [-0.4, -0.2) is 24.0 Å². The molecule has 2 aromatic rings. The molecule has 5 nitrogen and oxygen atoms in total. The molecule has 0 aliphatic rings. The minimum absolute atomic E-state index is 0.241. The van der Waals surface area contributed by atoms with Crippen LogP contribution in [0.2, 0.25) is 0 Å². The quantitative estimate of drug-likeness (QED) is 0.841. The van der Waals surface area contributed by atoms with Gasteiger partial charge in [-0.1, -0.05) is 6.92 Å². The third-order valence-corrected chi connectivity index (χ3v) is 4.39. The minimum atomic E-state index is -3.56. The third-order valence-electron chi connectivity index (χ3n) is 2.77. The van der Waals surface area contributed by atoms with E-state index in [1.54, 1.807) is 18.2 Å². The molecule has 0 bridgehead atoms.